The summed E-state index contributed by atoms with van der Waals surface area (Å²) in [6.45, 7) is 0.431. The highest BCUT2D eigenvalue weighted by molar-refractivity contribution is 5.86. The molecule has 0 fully saturated rings. The highest BCUT2D eigenvalue weighted by Gasteiger charge is 2.12. The maximum absolute atomic E-state index is 10.7. The van der Waals surface area contributed by atoms with Crippen molar-refractivity contribution in [3.05, 3.63) is 23.8 Å². The van der Waals surface area contributed by atoms with E-state index in [4.69, 9.17) is 9.84 Å². The number of carbonyl (C=O) groups is 1. The van der Waals surface area contributed by atoms with Crippen LogP contribution in [0.3, 0.4) is 0 Å². The van der Waals surface area contributed by atoms with Crippen molar-refractivity contribution in [2.45, 2.75) is 6.61 Å². The van der Waals surface area contributed by atoms with Crippen molar-refractivity contribution < 1.29 is 14.6 Å². The molecule has 1 amide bonds. The van der Waals surface area contributed by atoms with Crippen molar-refractivity contribution in [1.29, 1.82) is 0 Å². The first-order chi connectivity index (χ1) is 7.18. The fourth-order valence-corrected chi connectivity index (χ4v) is 1.35. The number of rotatable bonds is 1. The third kappa shape index (κ3) is 1.76. The van der Waals surface area contributed by atoms with Crippen LogP contribution in [0, 0.1) is 0 Å². The number of benzene rings is 1. The molecule has 0 radical (unpaired) electrons. The van der Waals surface area contributed by atoms with Gasteiger partial charge in [-0.05, 0) is 18.2 Å². The van der Waals surface area contributed by atoms with Gasteiger partial charge in [0.05, 0.1) is 5.69 Å². The van der Waals surface area contributed by atoms with Crippen molar-refractivity contribution >= 4 is 23.9 Å². The minimum Gasteiger partial charge on any atom is -0.478 e. The van der Waals surface area contributed by atoms with E-state index in [-0.39, 0.29) is 0 Å². The van der Waals surface area contributed by atoms with E-state index < -0.39 is 6.09 Å². The van der Waals surface area contributed by atoms with Crippen LogP contribution in [0.4, 0.5) is 16.2 Å². The van der Waals surface area contributed by atoms with E-state index in [1.807, 2.05) is 0 Å². The first-order valence-corrected chi connectivity index (χ1v) is 4.42. The Balaban J connectivity index is 2.36. The van der Waals surface area contributed by atoms with Crippen LogP contribution >= 0.6 is 0 Å². The number of anilines is 1. The number of nitrogens with zero attached hydrogens (tertiary/aromatic N) is 2. The molecule has 1 aliphatic rings. The van der Waals surface area contributed by atoms with Gasteiger partial charge in [0.1, 0.15) is 6.61 Å². The summed E-state index contributed by atoms with van der Waals surface area (Å²) in [5.74, 6) is 0. The Morgan fingerprint density at radius 2 is 2.40 bits per heavy atom. The van der Waals surface area contributed by atoms with Crippen molar-refractivity contribution in [3.8, 4) is 0 Å². The standard InChI is InChI=1S/C10H10N2O3/c1-12(10(13)14)8-2-3-9-7(4-8)5-15-6-11-9/h2-4,6H,5H2,1H3,(H,13,14). The summed E-state index contributed by atoms with van der Waals surface area (Å²) in [6.07, 6.45) is 0.401. The third-order valence-electron chi connectivity index (χ3n) is 2.24. The Bertz CT molecular complexity index is 429. The van der Waals surface area contributed by atoms with Crippen molar-refractivity contribution in [2.24, 2.45) is 4.99 Å². The van der Waals surface area contributed by atoms with Crippen LogP contribution in [0.5, 0.6) is 0 Å². The molecule has 5 nitrogen and oxygen atoms in total. The number of amides is 1. The molecule has 78 valence electrons. The average Bonchev–Trinajstić information content (AvgIpc) is 2.27. The zero-order valence-corrected chi connectivity index (χ0v) is 8.17. The molecule has 2 rings (SSSR count). The predicted molar refractivity (Wildman–Crippen MR) is 55.8 cm³/mol. The van der Waals surface area contributed by atoms with Crippen molar-refractivity contribution in [3.63, 3.8) is 0 Å². The first kappa shape index (κ1) is 9.51. The van der Waals surface area contributed by atoms with E-state index in [0.29, 0.717) is 12.3 Å². The Hall–Kier alpha value is -2.04. The van der Waals surface area contributed by atoms with Gasteiger partial charge in [-0.25, -0.2) is 9.79 Å². The molecular weight excluding hydrogens is 196 g/mol. The summed E-state index contributed by atoms with van der Waals surface area (Å²) in [5, 5.41) is 8.80. The van der Waals surface area contributed by atoms with Crippen LogP contribution in [0.25, 0.3) is 0 Å². The Kier molecular flexibility index (Phi) is 2.29. The fourth-order valence-electron chi connectivity index (χ4n) is 1.35. The van der Waals surface area contributed by atoms with Crippen LogP contribution in [0.2, 0.25) is 0 Å². The molecule has 0 unspecified atom stereocenters. The van der Waals surface area contributed by atoms with E-state index in [1.165, 1.54) is 13.4 Å². The number of hydrogen-bond donors (Lipinski definition) is 1. The molecule has 1 heterocycles. The molecular formula is C10H10N2O3. The van der Waals surface area contributed by atoms with E-state index in [0.717, 1.165) is 16.2 Å². The van der Waals surface area contributed by atoms with Gasteiger partial charge in [0, 0.05) is 18.3 Å². The monoisotopic (exact) mass is 206 g/mol. The Morgan fingerprint density at radius 3 is 3.13 bits per heavy atom. The minimum atomic E-state index is -0.991. The molecule has 1 aromatic rings. The molecule has 1 aliphatic heterocycles. The maximum atomic E-state index is 10.7. The number of fused-ring (bicyclic) bond motifs is 1. The van der Waals surface area contributed by atoms with E-state index >= 15 is 0 Å². The molecule has 0 atom stereocenters. The van der Waals surface area contributed by atoms with Crippen LogP contribution in [0.1, 0.15) is 5.56 Å². The molecule has 15 heavy (non-hydrogen) atoms. The zero-order chi connectivity index (χ0) is 10.8. The van der Waals surface area contributed by atoms with Gasteiger partial charge >= 0.3 is 6.09 Å². The third-order valence-corrected chi connectivity index (χ3v) is 2.24. The molecule has 1 N–H and O–H groups in total. The van der Waals surface area contributed by atoms with Gasteiger partial charge < -0.3 is 9.84 Å². The van der Waals surface area contributed by atoms with Gasteiger partial charge in [0.15, 0.2) is 6.40 Å². The van der Waals surface area contributed by atoms with Gasteiger partial charge in [-0.15, -0.1) is 0 Å². The lowest BCUT2D eigenvalue weighted by Gasteiger charge is -2.16. The van der Waals surface area contributed by atoms with Gasteiger partial charge in [-0.3, -0.25) is 4.90 Å². The Morgan fingerprint density at radius 1 is 1.60 bits per heavy atom. The van der Waals surface area contributed by atoms with Gasteiger partial charge in [-0.1, -0.05) is 0 Å². The molecule has 0 aliphatic carbocycles. The lowest BCUT2D eigenvalue weighted by Crippen LogP contribution is -2.23. The number of aliphatic imine (C=N–C) groups is 1. The van der Waals surface area contributed by atoms with Crippen LogP contribution in [-0.2, 0) is 11.3 Å². The summed E-state index contributed by atoms with van der Waals surface area (Å²) in [5.41, 5.74) is 2.33. The fraction of sp³-hybridized carbons (Fsp3) is 0.200. The summed E-state index contributed by atoms with van der Waals surface area (Å²) in [7, 11) is 1.50. The minimum absolute atomic E-state index is 0.431. The average molecular weight is 206 g/mol. The summed E-state index contributed by atoms with van der Waals surface area (Å²) in [6, 6.07) is 5.26. The topological polar surface area (TPSA) is 62.1 Å². The molecule has 0 saturated heterocycles. The largest absolute Gasteiger partial charge is 0.478 e. The van der Waals surface area contributed by atoms with Crippen molar-refractivity contribution in [2.75, 3.05) is 11.9 Å². The van der Waals surface area contributed by atoms with E-state index in [2.05, 4.69) is 4.99 Å². The number of hydrogen-bond acceptors (Lipinski definition) is 3. The maximum Gasteiger partial charge on any atom is 0.411 e. The highest BCUT2D eigenvalue weighted by Crippen LogP contribution is 2.27. The lowest BCUT2D eigenvalue weighted by molar-refractivity contribution is 0.203. The normalized spacial score (nSPS) is 12.9. The van der Waals surface area contributed by atoms with Crippen LogP contribution in [0.15, 0.2) is 23.2 Å². The van der Waals surface area contributed by atoms with Gasteiger partial charge in [0.2, 0.25) is 0 Å². The second-order valence-electron chi connectivity index (χ2n) is 3.20. The van der Waals surface area contributed by atoms with Crippen LogP contribution < -0.4 is 4.90 Å². The molecule has 0 saturated carbocycles. The summed E-state index contributed by atoms with van der Waals surface area (Å²) in [4.78, 5) is 15.9. The number of ether oxygens (including phenoxy) is 1. The van der Waals surface area contributed by atoms with Crippen LogP contribution in [-0.4, -0.2) is 24.6 Å². The molecule has 0 aromatic heterocycles. The second kappa shape index (κ2) is 3.61. The number of carboxylic acid groups (broad SMARTS) is 1. The quantitative estimate of drug-likeness (QED) is 0.764. The van der Waals surface area contributed by atoms with E-state index in [9.17, 15) is 4.79 Å². The lowest BCUT2D eigenvalue weighted by atomic mass is 10.1. The van der Waals surface area contributed by atoms with Gasteiger partial charge in [0.25, 0.3) is 0 Å². The second-order valence-corrected chi connectivity index (χ2v) is 3.20. The summed E-state index contributed by atoms with van der Waals surface area (Å²) >= 11 is 0. The summed E-state index contributed by atoms with van der Waals surface area (Å²) < 4.78 is 5.03. The molecule has 0 bridgehead atoms. The van der Waals surface area contributed by atoms with Crippen molar-refractivity contribution in [1.82, 2.24) is 0 Å². The Labute approximate surface area is 86.6 Å². The first-order valence-electron chi connectivity index (χ1n) is 4.42. The van der Waals surface area contributed by atoms with E-state index in [1.54, 1.807) is 18.2 Å². The molecule has 1 aromatic carbocycles. The van der Waals surface area contributed by atoms with Gasteiger partial charge in [-0.2, -0.15) is 0 Å². The molecule has 5 heteroatoms. The SMILES string of the molecule is CN(C(=O)O)c1ccc2c(c1)COC=N2. The zero-order valence-electron chi connectivity index (χ0n) is 8.17. The predicted octanol–water partition coefficient (Wildman–Crippen LogP) is 1.99. The smallest absolute Gasteiger partial charge is 0.411 e. The highest BCUT2D eigenvalue weighted by atomic mass is 16.5. The molecule has 0 spiro atoms.